The highest BCUT2D eigenvalue weighted by Crippen LogP contribution is 2.22. The molecule has 0 bridgehead atoms. The van der Waals surface area contributed by atoms with Gasteiger partial charge >= 0.3 is 0 Å². The Bertz CT molecular complexity index is 993. The van der Waals surface area contributed by atoms with Gasteiger partial charge in [0.25, 0.3) is 5.91 Å². The summed E-state index contributed by atoms with van der Waals surface area (Å²) < 4.78 is 5.64. The van der Waals surface area contributed by atoms with E-state index in [9.17, 15) is 10.1 Å². The molecule has 1 heterocycles. The highest BCUT2D eigenvalue weighted by molar-refractivity contribution is 7.07. The van der Waals surface area contributed by atoms with Gasteiger partial charge in [-0.1, -0.05) is 35.9 Å². The van der Waals surface area contributed by atoms with Crippen molar-refractivity contribution >= 4 is 40.6 Å². The van der Waals surface area contributed by atoms with Gasteiger partial charge in [0.15, 0.2) is 0 Å². The van der Waals surface area contributed by atoms with E-state index in [2.05, 4.69) is 10.3 Å². The van der Waals surface area contributed by atoms with Crippen molar-refractivity contribution in [3.05, 3.63) is 81.3 Å². The Balaban J connectivity index is 1.67. The molecule has 0 spiro atoms. The lowest BCUT2D eigenvalue weighted by atomic mass is 10.1. The third-order valence-electron chi connectivity index (χ3n) is 3.55. The summed E-state index contributed by atoms with van der Waals surface area (Å²) in [5.41, 5.74) is 3.76. The van der Waals surface area contributed by atoms with Gasteiger partial charge in [-0.15, -0.1) is 11.3 Å². The monoisotopic (exact) mass is 395 g/mol. The van der Waals surface area contributed by atoms with Gasteiger partial charge in [0.2, 0.25) is 0 Å². The summed E-state index contributed by atoms with van der Waals surface area (Å²) in [6.07, 6.45) is 1.51. The fourth-order valence-corrected chi connectivity index (χ4v) is 2.92. The molecule has 1 amide bonds. The first-order valence-electron chi connectivity index (χ1n) is 7.93. The van der Waals surface area contributed by atoms with Crippen LogP contribution in [-0.2, 0) is 11.4 Å². The van der Waals surface area contributed by atoms with Crippen molar-refractivity contribution in [3.63, 3.8) is 0 Å². The van der Waals surface area contributed by atoms with Crippen molar-refractivity contribution in [2.75, 3.05) is 5.32 Å². The van der Waals surface area contributed by atoms with Crippen LogP contribution in [0.5, 0.6) is 5.75 Å². The number of nitriles is 1. The number of nitrogens with zero attached hydrogens (tertiary/aromatic N) is 2. The number of para-hydroxylation sites is 1. The number of aromatic nitrogens is 1. The third-order valence-corrected chi connectivity index (χ3v) is 4.51. The predicted molar refractivity (Wildman–Crippen MR) is 107 cm³/mol. The number of anilines is 1. The number of hydrogen-bond donors (Lipinski definition) is 1. The first-order chi connectivity index (χ1) is 13.2. The van der Waals surface area contributed by atoms with Crippen LogP contribution in [0.25, 0.3) is 6.08 Å². The molecule has 2 aromatic carbocycles. The first-order valence-corrected chi connectivity index (χ1v) is 9.25. The Kier molecular flexibility index (Phi) is 6.21. The maximum absolute atomic E-state index is 12.3. The zero-order valence-corrected chi connectivity index (χ0v) is 15.6. The van der Waals surface area contributed by atoms with Crippen LogP contribution in [0.3, 0.4) is 0 Å². The number of halogens is 1. The van der Waals surface area contributed by atoms with Crippen LogP contribution in [0.15, 0.2) is 65.0 Å². The van der Waals surface area contributed by atoms with Gasteiger partial charge in [0, 0.05) is 5.38 Å². The van der Waals surface area contributed by atoms with E-state index in [4.69, 9.17) is 16.3 Å². The van der Waals surface area contributed by atoms with Crippen molar-refractivity contribution in [1.29, 1.82) is 5.26 Å². The van der Waals surface area contributed by atoms with E-state index in [1.807, 2.05) is 11.4 Å². The minimum atomic E-state index is -0.519. The van der Waals surface area contributed by atoms with Crippen molar-refractivity contribution in [2.45, 2.75) is 6.61 Å². The Labute approximate surface area is 165 Å². The summed E-state index contributed by atoms with van der Waals surface area (Å²) in [4.78, 5) is 16.5. The van der Waals surface area contributed by atoms with E-state index < -0.39 is 5.91 Å². The fraction of sp³-hybridized carbons (Fsp3) is 0.0500. The number of carbonyl (C=O) groups excluding carboxylic acids is 1. The molecule has 0 aliphatic heterocycles. The second-order valence-electron chi connectivity index (χ2n) is 5.44. The molecule has 0 unspecified atom stereocenters. The van der Waals surface area contributed by atoms with E-state index in [1.54, 1.807) is 54.0 Å². The Morgan fingerprint density at radius 1 is 1.26 bits per heavy atom. The van der Waals surface area contributed by atoms with E-state index in [1.165, 1.54) is 17.4 Å². The number of amides is 1. The third kappa shape index (κ3) is 5.17. The molecular formula is C20H14ClN3O2S. The largest absolute Gasteiger partial charge is 0.487 e. The molecule has 134 valence electrons. The molecule has 1 N–H and O–H groups in total. The average Bonchev–Trinajstić information content (AvgIpc) is 3.21. The summed E-state index contributed by atoms with van der Waals surface area (Å²) in [5, 5.41) is 14.3. The molecule has 0 aliphatic carbocycles. The Hall–Kier alpha value is -3.14. The van der Waals surface area contributed by atoms with Gasteiger partial charge in [-0.05, 0) is 35.9 Å². The van der Waals surface area contributed by atoms with Crippen molar-refractivity contribution < 1.29 is 9.53 Å². The molecule has 0 atom stereocenters. The molecule has 0 fully saturated rings. The maximum atomic E-state index is 12.3. The molecule has 3 aromatic rings. The molecule has 0 aliphatic rings. The van der Waals surface area contributed by atoms with Crippen LogP contribution in [0, 0.1) is 11.3 Å². The summed E-state index contributed by atoms with van der Waals surface area (Å²) in [5.74, 6) is 0.161. The van der Waals surface area contributed by atoms with E-state index in [-0.39, 0.29) is 5.57 Å². The van der Waals surface area contributed by atoms with Crippen LogP contribution in [-0.4, -0.2) is 10.9 Å². The van der Waals surface area contributed by atoms with Gasteiger partial charge in [-0.2, -0.15) is 5.26 Å². The minimum Gasteiger partial charge on any atom is -0.487 e. The number of carbonyl (C=O) groups is 1. The van der Waals surface area contributed by atoms with Gasteiger partial charge in [-0.3, -0.25) is 4.79 Å². The molecule has 3 rings (SSSR count). The lowest BCUT2D eigenvalue weighted by molar-refractivity contribution is -0.112. The standard InChI is InChI=1S/C20H14ClN3O2S/c21-18-3-1-2-4-19(18)24-20(25)15(10-22)9-14-5-7-17(8-6-14)26-11-16-12-27-13-23-16/h1-9,12-13H,11H2,(H,24,25)/b15-9+. The molecule has 0 saturated carbocycles. The zero-order valence-electron chi connectivity index (χ0n) is 14.1. The molecule has 27 heavy (non-hydrogen) atoms. The summed E-state index contributed by atoms with van der Waals surface area (Å²) in [7, 11) is 0. The summed E-state index contributed by atoms with van der Waals surface area (Å²) in [6.45, 7) is 0.391. The normalized spacial score (nSPS) is 10.9. The second-order valence-corrected chi connectivity index (χ2v) is 6.57. The van der Waals surface area contributed by atoms with E-state index >= 15 is 0 Å². The number of thiazole rings is 1. The Morgan fingerprint density at radius 2 is 2.04 bits per heavy atom. The summed E-state index contributed by atoms with van der Waals surface area (Å²) in [6, 6.07) is 15.9. The minimum absolute atomic E-state index is 0.0222. The predicted octanol–water partition coefficient (Wildman–Crippen LogP) is 4.92. The topological polar surface area (TPSA) is 75.0 Å². The molecular weight excluding hydrogens is 382 g/mol. The lowest BCUT2D eigenvalue weighted by Gasteiger charge is -2.06. The van der Waals surface area contributed by atoms with Crippen molar-refractivity contribution in [2.24, 2.45) is 0 Å². The van der Waals surface area contributed by atoms with Gasteiger partial charge in [0.1, 0.15) is 24.0 Å². The van der Waals surface area contributed by atoms with E-state index in [0.717, 1.165) is 5.69 Å². The van der Waals surface area contributed by atoms with Gasteiger partial charge in [0.05, 0.1) is 21.9 Å². The average molecular weight is 396 g/mol. The lowest BCUT2D eigenvalue weighted by Crippen LogP contribution is -2.13. The zero-order chi connectivity index (χ0) is 19.1. The molecule has 5 nitrogen and oxygen atoms in total. The number of benzene rings is 2. The number of hydrogen-bond acceptors (Lipinski definition) is 5. The molecule has 0 saturated heterocycles. The van der Waals surface area contributed by atoms with E-state index in [0.29, 0.717) is 28.6 Å². The second kappa shape index (κ2) is 8.99. The molecule has 0 radical (unpaired) electrons. The molecule has 7 heteroatoms. The SMILES string of the molecule is N#C/C(=C\c1ccc(OCc2cscn2)cc1)C(=O)Nc1ccccc1Cl. The first kappa shape index (κ1) is 18.6. The van der Waals surface area contributed by atoms with Crippen LogP contribution in [0.2, 0.25) is 5.02 Å². The quantitative estimate of drug-likeness (QED) is 0.474. The smallest absolute Gasteiger partial charge is 0.266 e. The van der Waals surface area contributed by atoms with Crippen molar-refractivity contribution in [1.82, 2.24) is 4.98 Å². The highest BCUT2D eigenvalue weighted by atomic mass is 35.5. The Morgan fingerprint density at radius 3 is 2.70 bits per heavy atom. The van der Waals surface area contributed by atoms with Gasteiger partial charge < -0.3 is 10.1 Å². The fourth-order valence-electron chi connectivity index (χ4n) is 2.19. The van der Waals surface area contributed by atoms with Crippen LogP contribution in [0.4, 0.5) is 5.69 Å². The highest BCUT2D eigenvalue weighted by Gasteiger charge is 2.11. The van der Waals surface area contributed by atoms with Crippen molar-refractivity contribution in [3.8, 4) is 11.8 Å². The number of rotatable bonds is 6. The summed E-state index contributed by atoms with van der Waals surface area (Å²) >= 11 is 7.54. The van der Waals surface area contributed by atoms with Crippen LogP contribution in [0.1, 0.15) is 11.3 Å². The van der Waals surface area contributed by atoms with Crippen LogP contribution >= 0.6 is 22.9 Å². The molecule has 1 aromatic heterocycles. The number of nitrogens with one attached hydrogen (secondary N) is 1. The van der Waals surface area contributed by atoms with Crippen LogP contribution < -0.4 is 10.1 Å². The van der Waals surface area contributed by atoms with Gasteiger partial charge in [-0.25, -0.2) is 4.98 Å². The number of ether oxygens (including phenoxy) is 1. The maximum Gasteiger partial charge on any atom is 0.266 e.